The van der Waals surface area contributed by atoms with E-state index in [2.05, 4.69) is 16.2 Å². The first-order valence-electron chi connectivity index (χ1n) is 13.2. The van der Waals surface area contributed by atoms with Crippen molar-refractivity contribution >= 4 is 12.0 Å². The lowest BCUT2D eigenvalue weighted by Gasteiger charge is -2.37. The molecule has 5 rings (SSSR count). The van der Waals surface area contributed by atoms with E-state index in [9.17, 15) is 22.8 Å². The van der Waals surface area contributed by atoms with E-state index >= 15 is 0 Å². The number of methoxy groups -OCH3 is 1. The number of halogens is 3. The second-order valence-corrected chi connectivity index (χ2v) is 10.8. The summed E-state index contributed by atoms with van der Waals surface area (Å²) in [5.41, 5.74) is -0.738. The maximum absolute atomic E-state index is 14.2. The average Bonchev–Trinajstić information content (AvgIpc) is 3.45. The Morgan fingerprint density at radius 3 is 2.92 bits per heavy atom. The van der Waals surface area contributed by atoms with Crippen molar-refractivity contribution in [2.75, 3.05) is 46.6 Å². The zero-order valence-corrected chi connectivity index (χ0v) is 21.8. The fourth-order valence-electron chi connectivity index (χ4n) is 6.67. The van der Waals surface area contributed by atoms with E-state index in [-0.39, 0.29) is 49.7 Å². The van der Waals surface area contributed by atoms with Crippen LogP contribution in [-0.4, -0.2) is 91.5 Å². The van der Waals surface area contributed by atoms with Gasteiger partial charge in [-0.15, -0.1) is 6.42 Å². The summed E-state index contributed by atoms with van der Waals surface area (Å²) in [5.74, 6) is 1.99. The predicted molar refractivity (Wildman–Crippen MR) is 132 cm³/mol. The van der Waals surface area contributed by atoms with Gasteiger partial charge >= 0.3 is 12.3 Å². The lowest BCUT2D eigenvalue weighted by Crippen LogP contribution is -2.52. The Labute approximate surface area is 225 Å². The summed E-state index contributed by atoms with van der Waals surface area (Å²) in [6.45, 7) is 1.86. The van der Waals surface area contributed by atoms with Gasteiger partial charge in [-0.3, -0.25) is 9.78 Å². The molecular weight excluding hydrogens is 517 g/mol. The Hall–Kier alpha value is -2.88. The third kappa shape index (κ3) is 5.44. The Kier molecular flexibility index (Phi) is 7.77. The third-order valence-corrected chi connectivity index (χ3v) is 8.55. The van der Waals surface area contributed by atoms with Gasteiger partial charge in [0.15, 0.2) is 6.61 Å². The van der Waals surface area contributed by atoms with Crippen molar-refractivity contribution in [2.24, 2.45) is 11.3 Å². The number of rotatable bonds is 5. The van der Waals surface area contributed by atoms with Crippen molar-refractivity contribution in [1.29, 1.82) is 0 Å². The first-order chi connectivity index (χ1) is 18.6. The van der Waals surface area contributed by atoms with Gasteiger partial charge in [0.05, 0.1) is 23.7 Å². The zero-order valence-electron chi connectivity index (χ0n) is 21.8. The van der Waals surface area contributed by atoms with E-state index < -0.39 is 23.2 Å². The molecule has 1 N–H and O–H groups in total. The van der Waals surface area contributed by atoms with E-state index in [0.29, 0.717) is 56.8 Å². The number of aromatic nitrogens is 1. The quantitative estimate of drug-likeness (QED) is 0.562. The number of carbonyl (C=O) groups is 2. The number of pyridine rings is 1. The lowest BCUT2D eigenvalue weighted by molar-refractivity contribution is -0.143. The number of nitrogens with zero attached hydrogens (tertiary/aromatic N) is 3. The monoisotopic (exact) mass is 550 g/mol. The van der Waals surface area contributed by atoms with E-state index in [1.165, 1.54) is 4.90 Å². The van der Waals surface area contributed by atoms with Crippen LogP contribution in [0, 0.1) is 23.7 Å². The summed E-state index contributed by atoms with van der Waals surface area (Å²) in [6.07, 6.45) is 3.21. The molecule has 0 bridgehead atoms. The standard InChI is InChI=1S/C27H33F3N4O5/c1-3-7-39-25(36)34-14-19-10-20(32-22-5-8-38-15-23(22)37-2)11-26(19,16-34)24(35)33-6-4-21-17(13-33)9-18(12-31-21)27(28,29)30/h1,9,12,19-20,22-23,32H,4-8,10-11,13-16H2,2H3/t19-,20+,22-,23+,26-/m0/s1. The highest BCUT2D eigenvalue weighted by molar-refractivity contribution is 5.86. The maximum Gasteiger partial charge on any atom is 0.417 e. The molecule has 39 heavy (non-hydrogen) atoms. The van der Waals surface area contributed by atoms with Crippen LogP contribution in [0.5, 0.6) is 0 Å². The normalized spacial score (nSPS) is 30.4. The van der Waals surface area contributed by atoms with Gasteiger partial charge in [-0.1, -0.05) is 5.92 Å². The smallest absolute Gasteiger partial charge is 0.417 e. The molecule has 0 radical (unpaired) electrons. The van der Waals surface area contributed by atoms with Gasteiger partial charge in [0.2, 0.25) is 5.91 Å². The third-order valence-electron chi connectivity index (χ3n) is 8.55. The van der Waals surface area contributed by atoms with E-state index in [0.717, 1.165) is 18.7 Å². The summed E-state index contributed by atoms with van der Waals surface area (Å²) in [4.78, 5) is 34.1. The molecular formula is C27H33F3N4O5. The number of terminal acetylenes is 1. The van der Waals surface area contributed by atoms with Gasteiger partial charge < -0.3 is 29.3 Å². The largest absolute Gasteiger partial charge is 0.436 e. The second-order valence-electron chi connectivity index (χ2n) is 10.8. The number of alkyl halides is 3. The molecule has 5 atom stereocenters. The molecule has 0 aromatic carbocycles. The van der Waals surface area contributed by atoms with Crippen LogP contribution < -0.4 is 5.32 Å². The fourth-order valence-corrected chi connectivity index (χ4v) is 6.67. The molecule has 4 heterocycles. The van der Waals surface area contributed by atoms with Gasteiger partial charge in [-0.25, -0.2) is 4.79 Å². The molecule has 2 amide bonds. The fraction of sp³-hybridized carbons (Fsp3) is 0.667. The molecule has 9 nitrogen and oxygen atoms in total. The molecule has 1 aromatic heterocycles. The molecule has 2 saturated heterocycles. The number of likely N-dealkylation sites (tertiary alicyclic amines) is 1. The minimum atomic E-state index is -4.52. The van der Waals surface area contributed by atoms with Crippen LogP contribution in [0.25, 0.3) is 0 Å². The summed E-state index contributed by atoms with van der Waals surface area (Å²) in [6, 6.07) is 1.17. The lowest BCUT2D eigenvalue weighted by atomic mass is 9.78. The van der Waals surface area contributed by atoms with Gasteiger partial charge in [0, 0.05) is 70.3 Å². The maximum atomic E-state index is 14.2. The molecule has 3 aliphatic heterocycles. The first kappa shape index (κ1) is 27.7. The van der Waals surface area contributed by atoms with Crippen LogP contribution in [0.1, 0.15) is 36.1 Å². The van der Waals surface area contributed by atoms with Crippen LogP contribution in [0.4, 0.5) is 18.0 Å². The van der Waals surface area contributed by atoms with Crippen molar-refractivity contribution in [2.45, 2.75) is 56.6 Å². The molecule has 1 aliphatic carbocycles. The van der Waals surface area contributed by atoms with E-state index in [1.807, 2.05) is 0 Å². The number of ether oxygens (including phenoxy) is 3. The number of fused-ring (bicyclic) bond motifs is 2. The van der Waals surface area contributed by atoms with Gasteiger partial charge in [-0.05, 0) is 36.8 Å². The SMILES string of the molecule is C#CCOC(=O)N1C[C@@H]2C[C@@H](N[C@H]3CCOC[C@H]3OC)C[C@]2(C(=O)N2CCc3ncc(C(F)(F)F)cc3C2)C1. The van der Waals surface area contributed by atoms with Crippen molar-refractivity contribution < 1.29 is 37.0 Å². The molecule has 0 spiro atoms. The van der Waals surface area contributed by atoms with Crippen LogP contribution in [0.3, 0.4) is 0 Å². The number of nitrogens with one attached hydrogen (secondary N) is 1. The molecule has 0 unspecified atom stereocenters. The van der Waals surface area contributed by atoms with Crippen molar-refractivity contribution in [1.82, 2.24) is 20.1 Å². The Balaban J connectivity index is 1.37. The molecule has 12 heteroatoms. The van der Waals surface area contributed by atoms with Crippen LogP contribution >= 0.6 is 0 Å². The van der Waals surface area contributed by atoms with Crippen molar-refractivity contribution in [3.8, 4) is 12.3 Å². The number of hydrogen-bond donors (Lipinski definition) is 1. The number of hydrogen-bond acceptors (Lipinski definition) is 7. The second kappa shape index (κ2) is 10.9. The van der Waals surface area contributed by atoms with Crippen LogP contribution in [0.2, 0.25) is 0 Å². The van der Waals surface area contributed by atoms with Crippen molar-refractivity contribution in [3.05, 3.63) is 29.1 Å². The van der Waals surface area contributed by atoms with Gasteiger partial charge in [-0.2, -0.15) is 13.2 Å². The van der Waals surface area contributed by atoms with E-state index in [4.69, 9.17) is 20.6 Å². The predicted octanol–water partition coefficient (Wildman–Crippen LogP) is 2.23. The van der Waals surface area contributed by atoms with Crippen LogP contribution in [0.15, 0.2) is 12.3 Å². The highest BCUT2D eigenvalue weighted by Gasteiger charge is 2.60. The minimum Gasteiger partial charge on any atom is -0.436 e. The van der Waals surface area contributed by atoms with Crippen LogP contribution in [-0.2, 0) is 38.1 Å². The first-order valence-corrected chi connectivity index (χ1v) is 13.2. The molecule has 212 valence electrons. The Bertz CT molecular complexity index is 1140. The Morgan fingerprint density at radius 2 is 2.18 bits per heavy atom. The summed E-state index contributed by atoms with van der Waals surface area (Å²) < 4.78 is 56.2. The molecule has 1 aromatic rings. The highest BCUT2D eigenvalue weighted by atomic mass is 19.4. The number of amides is 2. The topological polar surface area (TPSA) is 93.2 Å². The average molecular weight is 551 g/mol. The minimum absolute atomic E-state index is 0.0131. The zero-order chi connectivity index (χ0) is 27.8. The van der Waals surface area contributed by atoms with Gasteiger partial charge in [0.25, 0.3) is 0 Å². The van der Waals surface area contributed by atoms with E-state index in [1.54, 1.807) is 12.0 Å². The van der Waals surface area contributed by atoms with Gasteiger partial charge in [0.1, 0.15) is 0 Å². The van der Waals surface area contributed by atoms with Crippen molar-refractivity contribution in [3.63, 3.8) is 0 Å². The molecule has 4 aliphatic rings. The summed E-state index contributed by atoms with van der Waals surface area (Å²) in [5, 5.41) is 3.68. The summed E-state index contributed by atoms with van der Waals surface area (Å²) >= 11 is 0. The summed E-state index contributed by atoms with van der Waals surface area (Å²) in [7, 11) is 1.65. The molecule has 1 saturated carbocycles. The highest BCUT2D eigenvalue weighted by Crippen LogP contribution is 2.51. The molecule has 3 fully saturated rings. The Morgan fingerprint density at radius 1 is 1.36 bits per heavy atom. The number of carbonyl (C=O) groups excluding carboxylic acids is 2.